The SMILES string of the molecule is CC(C)(C)OC(=O)N1CCC(N2CCN(N(C=O)CCN3CCC(C(=O)O)CC3)CC2)CC1. The van der Waals surface area contributed by atoms with Crippen molar-refractivity contribution in [2.24, 2.45) is 5.92 Å². The molecule has 0 spiro atoms. The summed E-state index contributed by atoms with van der Waals surface area (Å²) >= 11 is 0. The van der Waals surface area contributed by atoms with Gasteiger partial charge in [-0.05, 0) is 59.5 Å². The van der Waals surface area contributed by atoms with Crippen molar-refractivity contribution in [2.45, 2.75) is 58.1 Å². The monoisotopic (exact) mass is 467 g/mol. The predicted molar refractivity (Wildman–Crippen MR) is 124 cm³/mol. The average Bonchev–Trinajstić information content (AvgIpc) is 2.79. The Bertz CT molecular complexity index is 661. The number of carboxylic acid groups (broad SMARTS) is 1. The van der Waals surface area contributed by atoms with Gasteiger partial charge in [-0.15, -0.1) is 0 Å². The zero-order valence-corrected chi connectivity index (χ0v) is 20.4. The summed E-state index contributed by atoms with van der Waals surface area (Å²) in [6.45, 7) is 13.5. The molecule has 0 bridgehead atoms. The zero-order valence-electron chi connectivity index (χ0n) is 20.4. The molecule has 0 atom stereocenters. The molecule has 0 saturated carbocycles. The number of hydrogen-bond acceptors (Lipinski definition) is 7. The van der Waals surface area contributed by atoms with Crippen LogP contribution >= 0.6 is 0 Å². The number of carbonyl (C=O) groups is 3. The van der Waals surface area contributed by atoms with E-state index in [2.05, 4.69) is 14.8 Å². The maximum absolute atomic E-state index is 12.3. The Balaban J connectivity index is 1.36. The third kappa shape index (κ3) is 7.55. The molecule has 0 unspecified atom stereocenters. The van der Waals surface area contributed by atoms with Crippen molar-refractivity contribution in [3.63, 3.8) is 0 Å². The van der Waals surface area contributed by atoms with Crippen molar-refractivity contribution < 1.29 is 24.2 Å². The summed E-state index contributed by atoms with van der Waals surface area (Å²) in [4.78, 5) is 41.7. The quantitative estimate of drug-likeness (QED) is 0.558. The lowest BCUT2D eigenvalue weighted by molar-refractivity contribution is -0.143. The maximum atomic E-state index is 12.3. The van der Waals surface area contributed by atoms with Crippen molar-refractivity contribution in [1.82, 2.24) is 24.7 Å². The first-order valence-corrected chi connectivity index (χ1v) is 12.3. The number of piperidine rings is 2. The smallest absolute Gasteiger partial charge is 0.410 e. The first kappa shape index (κ1) is 25.7. The Morgan fingerprint density at radius 2 is 1.58 bits per heavy atom. The van der Waals surface area contributed by atoms with Gasteiger partial charge in [-0.2, -0.15) is 0 Å². The molecule has 0 aromatic heterocycles. The second kappa shape index (κ2) is 11.5. The number of carboxylic acids is 1. The Morgan fingerprint density at radius 1 is 0.970 bits per heavy atom. The van der Waals surface area contributed by atoms with Crippen LogP contribution in [0.15, 0.2) is 0 Å². The van der Waals surface area contributed by atoms with Crippen molar-refractivity contribution >= 4 is 18.5 Å². The number of aliphatic carboxylic acids is 1. The molecule has 188 valence electrons. The zero-order chi connectivity index (χ0) is 24.0. The second-order valence-electron chi connectivity index (χ2n) is 10.4. The molecule has 0 aliphatic carbocycles. The van der Waals surface area contributed by atoms with Gasteiger partial charge in [0, 0.05) is 51.9 Å². The van der Waals surface area contributed by atoms with E-state index in [9.17, 15) is 14.4 Å². The fourth-order valence-corrected chi connectivity index (χ4v) is 4.98. The third-order valence-corrected chi connectivity index (χ3v) is 6.99. The summed E-state index contributed by atoms with van der Waals surface area (Å²) in [5.74, 6) is -0.926. The fraction of sp³-hybridized carbons (Fsp3) is 0.870. The van der Waals surface area contributed by atoms with Crippen molar-refractivity contribution in [2.75, 3.05) is 65.4 Å². The van der Waals surface area contributed by atoms with Crippen LogP contribution in [0.25, 0.3) is 0 Å². The molecule has 0 radical (unpaired) electrons. The Kier molecular flexibility index (Phi) is 8.95. The predicted octanol–water partition coefficient (Wildman–Crippen LogP) is 1.17. The topological polar surface area (TPSA) is 96.9 Å². The van der Waals surface area contributed by atoms with Crippen molar-refractivity contribution in [3.05, 3.63) is 0 Å². The number of nitrogens with zero attached hydrogens (tertiary/aromatic N) is 5. The van der Waals surface area contributed by atoms with Gasteiger partial charge in [0.05, 0.1) is 12.5 Å². The summed E-state index contributed by atoms with van der Waals surface area (Å²) in [5, 5.41) is 13.0. The molecule has 0 aromatic rings. The minimum atomic E-state index is -0.697. The summed E-state index contributed by atoms with van der Waals surface area (Å²) in [5.41, 5.74) is -0.469. The molecule has 0 aromatic carbocycles. The molecule has 3 rings (SSSR count). The van der Waals surface area contributed by atoms with E-state index in [0.717, 1.165) is 78.2 Å². The Labute approximate surface area is 197 Å². The van der Waals surface area contributed by atoms with E-state index in [0.29, 0.717) is 25.4 Å². The molecular formula is C23H41N5O5. The Hall–Kier alpha value is -1.91. The molecule has 10 nitrogen and oxygen atoms in total. The largest absolute Gasteiger partial charge is 0.481 e. The van der Waals surface area contributed by atoms with Gasteiger partial charge in [0.25, 0.3) is 0 Å². The lowest BCUT2D eigenvalue weighted by atomic mass is 9.97. The highest BCUT2D eigenvalue weighted by Gasteiger charge is 2.32. The van der Waals surface area contributed by atoms with E-state index in [1.54, 1.807) is 5.01 Å². The molecule has 3 fully saturated rings. The molecule has 1 N–H and O–H groups in total. The number of ether oxygens (including phenoxy) is 1. The van der Waals surface area contributed by atoms with Gasteiger partial charge in [0.15, 0.2) is 0 Å². The van der Waals surface area contributed by atoms with Crippen LogP contribution in [-0.4, -0.2) is 125 Å². The van der Waals surface area contributed by atoms with E-state index in [1.807, 2.05) is 25.7 Å². The fourth-order valence-electron chi connectivity index (χ4n) is 4.98. The maximum Gasteiger partial charge on any atom is 0.410 e. The number of likely N-dealkylation sites (tertiary alicyclic amines) is 2. The molecule has 33 heavy (non-hydrogen) atoms. The summed E-state index contributed by atoms with van der Waals surface area (Å²) in [7, 11) is 0. The van der Waals surface area contributed by atoms with Crippen LogP contribution in [0.3, 0.4) is 0 Å². The highest BCUT2D eigenvalue weighted by molar-refractivity contribution is 5.70. The number of hydrogen-bond donors (Lipinski definition) is 1. The van der Waals surface area contributed by atoms with Crippen LogP contribution < -0.4 is 0 Å². The minimum absolute atomic E-state index is 0.223. The highest BCUT2D eigenvalue weighted by Crippen LogP contribution is 2.21. The van der Waals surface area contributed by atoms with Crippen LogP contribution in [0, 0.1) is 5.92 Å². The minimum Gasteiger partial charge on any atom is -0.481 e. The van der Waals surface area contributed by atoms with E-state index in [1.165, 1.54) is 0 Å². The lowest BCUT2D eigenvalue weighted by Crippen LogP contribution is -2.58. The van der Waals surface area contributed by atoms with E-state index in [4.69, 9.17) is 9.84 Å². The van der Waals surface area contributed by atoms with Gasteiger partial charge in [-0.3, -0.25) is 19.5 Å². The van der Waals surface area contributed by atoms with E-state index >= 15 is 0 Å². The van der Waals surface area contributed by atoms with E-state index < -0.39 is 11.6 Å². The number of carbonyl (C=O) groups excluding carboxylic acids is 2. The van der Waals surface area contributed by atoms with Gasteiger partial charge < -0.3 is 19.6 Å². The number of amides is 2. The van der Waals surface area contributed by atoms with Gasteiger partial charge in [0.2, 0.25) is 6.41 Å². The van der Waals surface area contributed by atoms with Crippen LogP contribution in [0.2, 0.25) is 0 Å². The molecule has 3 aliphatic rings. The number of hydrazine groups is 1. The number of rotatable bonds is 7. The van der Waals surface area contributed by atoms with E-state index in [-0.39, 0.29) is 12.0 Å². The van der Waals surface area contributed by atoms with Crippen LogP contribution in [0.5, 0.6) is 0 Å². The highest BCUT2D eigenvalue weighted by atomic mass is 16.6. The molecule has 3 aliphatic heterocycles. The average molecular weight is 468 g/mol. The third-order valence-electron chi connectivity index (χ3n) is 6.99. The van der Waals surface area contributed by atoms with Gasteiger partial charge in [-0.25, -0.2) is 9.80 Å². The van der Waals surface area contributed by atoms with Crippen LogP contribution in [0.4, 0.5) is 4.79 Å². The van der Waals surface area contributed by atoms with Crippen LogP contribution in [0.1, 0.15) is 46.5 Å². The van der Waals surface area contributed by atoms with Gasteiger partial charge in [0.1, 0.15) is 5.60 Å². The summed E-state index contributed by atoms with van der Waals surface area (Å²) < 4.78 is 5.49. The number of piperazine rings is 1. The second-order valence-corrected chi connectivity index (χ2v) is 10.4. The van der Waals surface area contributed by atoms with Gasteiger partial charge in [-0.1, -0.05) is 0 Å². The van der Waals surface area contributed by atoms with Crippen LogP contribution in [-0.2, 0) is 14.3 Å². The molecule has 2 amide bonds. The standard InChI is InChI=1S/C23H41N5O5/c1-23(2,3)33-22(32)26-10-6-20(7-11-26)25-13-16-27(17-14-25)28(18-29)15-12-24-8-4-19(5-9-24)21(30)31/h18-20H,4-17H2,1-3H3,(H,30,31). The summed E-state index contributed by atoms with van der Waals surface area (Å²) in [6.07, 6.45) is 3.95. The first-order valence-electron chi connectivity index (χ1n) is 12.3. The lowest BCUT2D eigenvalue weighted by Gasteiger charge is -2.45. The summed E-state index contributed by atoms with van der Waals surface area (Å²) in [6, 6.07) is 0.464. The molecule has 3 heterocycles. The molecular weight excluding hydrogens is 426 g/mol. The first-order chi connectivity index (χ1) is 15.7. The molecule has 10 heteroatoms. The normalized spacial score (nSPS) is 22.8. The van der Waals surface area contributed by atoms with Crippen molar-refractivity contribution in [3.8, 4) is 0 Å². The van der Waals surface area contributed by atoms with Crippen molar-refractivity contribution in [1.29, 1.82) is 0 Å². The Morgan fingerprint density at radius 3 is 2.09 bits per heavy atom. The van der Waals surface area contributed by atoms with Gasteiger partial charge >= 0.3 is 12.1 Å². The molecule has 3 saturated heterocycles.